The first-order valence-electron chi connectivity index (χ1n) is 9.67. The van der Waals surface area contributed by atoms with Crippen LogP contribution in [0.3, 0.4) is 0 Å². The molecule has 1 unspecified atom stereocenters. The number of benzene rings is 1. The highest BCUT2D eigenvalue weighted by molar-refractivity contribution is 7.89. The fourth-order valence-corrected chi connectivity index (χ4v) is 4.70. The van der Waals surface area contributed by atoms with Gasteiger partial charge in [-0.15, -0.1) is 0 Å². The van der Waals surface area contributed by atoms with Gasteiger partial charge in [-0.25, -0.2) is 22.4 Å². The van der Waals surface area contributed by atoms with Crippen LogP contribution in [0.5, 0.6) is 0 Å². The molecule has 3 rings (SSSR count). The number of sulfonamides is 1. The third-order valence-corrected chi connectivity index (χ3v) is 6.71. The van der Waals surface area contributed by atoms with Crippen molar-refractivity contribution in [2.75, 3.05) is 18.8 Å². The molecule has 0 N–H and O–H groups in total. The summed E-state index contributed by atoms with van der Waals surface area (Å²) < 4.78 is 28.3. The molecule has 0 spiro atoms. The molecule has 27 heavy (non-hydrogen) atoms. The third kappa shape index (κ3) is 4.76. The van der Waals surface area contributed by atoms with Crippen LogP contribution in [0.2, 0.25) is 0 Å². The average molecular weight is 391 g/mol. The lowest BCUT2D eigenvalue weighted by Crippen LogP contribution is -2.40. The van der Waals surface area contributed by atoms with E-state index in [0.29, 0.717) is 18.9 Å². The molecule has 2 heterocycles. The van der Waals surface area contributed by atoms with Crippen molar-refractivity contribution in [1.29, 1.82) is 0 Å². The summed E-state index contributed by atoms with van der Waals surface area (Å²) in [6.45, 7) is 10.1. The largest absolute Gasteiger partial charge is 0.249 e. The van der Waals surface area contributed by atoms with Crippen LogP contribution in [0.1, 0.15) is 52.3 Å². The number of aromatic nitrogens is 3. The average Bonchev–Trinajstić information content (AvgIpc) is 3.04. The van der Waals surface area contributed by atoms with Crippen LogP contribution in [-0.2, 0) is 16.6 Å². The van der Waals surface area contributed by atoms with Crippen LogP contribution in [0, 0.1) is 5.41 Å². The molecule has 1 atom stereocenters. The van der Waals surface area contributed by atoms with Crippen LogP contribution >= 0.6 is 0 Å². The summed E-state index contributed by atoms with van der Waals surface area (Å²) >= 11 is 0. The summed E-state index contributed by atoms with van der Waals surface area (Å²) in [4.78, 5) is 4.86. The van der Waals surface area contributed by atoms with Crippen LogP contribution in [0.4, 0.5) is 0 Å². The lowest BCUT2D eigenvalue weighted by Gasteiger charge is -2.31. The van der Waals surface area contributed by atoms with Crippen LogP contribution in [-0.4, -0.2) is 46.3 Å². The quantitative estimate of drug-likeness (QED) is 0.783. The molecule has 1 aliphatic heterocycles. The number of rotatable bonds is 5. The Labute approximate surface area is 162 Å². The molecular formula is C20H30N4O2S. The summed E-state index contributed by atoms with van der Waals surface area (Å²) in [7, 11) is -3.18. The van der Waals surface area contributed by atoms with Gasteiger partial charge >= 0.3 is 0 Å². The minimum Gasteiger partial charge on any atom is -0.249 e. The van der Waals surface area contributed by atoms with Crippen molar-refractivity contribution in [3.63, 3.8) is 0 Å². The predicted octanol–water partition coefficient (Wildman–Crippen LogP) is 3.52. The third-order valence-electron chi connectivity index (χ3n) is 4.86. The molecule has 0 bridgehead atoms. The minimum absolute atomic E-state index is 0.0558. The summed E-state index contributed by atoms with van der Waals surface area (Å²) in [5.74, 6) is 1.83. The van der Waals surface area contributed by atoms with Gasteiger partial charge in [-0.05, 0) is 25.2 Å². The zero-order chi connectivity index (χ0) is 19.7. The van der Waals surface area contributed by atoms with E-state index < -0.39 is 10.0 Å². The van der Waals surface area contributed by atoms with Gasteiger partial charge in [0, 0.05) is 31.1 Å². The number of hydrogen-bond acceptors (Lipinski definition) is 4. The normalized spacial score (nSPS) is 19.3. The summed E-state index contributed by atoms with van der Waals surface area (Å²) in [6, 6.07) is 9.96. The maximum absolute atomic E-state index is 12.4. The van der Waals surface area contributed by atoms with Crippen molar-refractivity contribution in [1.82, 2.24) is 19.1 Å². The first-order chi connectivity index (χ1) is 12.7. The zero-order valence-corrected chi connectivity index (χ0v) is 17.5. The van der Waals surface area contributed by atoms with Crippen LogP contribution in [0.25, 0.3) is 11.4 Å². The Morgan fingerprint density at radius 2 is 1.89 bits per heavy atom. The number of nitrogens with zero attached hydrogens (tertiary/aromatic N) is 4. The van der Waals surface area contributed by atoms with Crippen molar-refractivity contribution in [2.24, 2.45) is 5.41 Å². The van der Waals surface area contributed by atoms with E-state index in [1.54, 1.807) is 11.2 Å². The molecule has 0 aliphatic carbocycles. The van der Waals surface area contributed by atoms with E-state index in [1.165, 1.54) is 0 Å². The topological polar surface area (TPSA) is 68.1 Å². The van der Waals surface area contributed by atoms with Crippen molar-refractivity contribution < 1.29 is 8.42 Å². The minimum atomic E-state index is -3.18. The van der Waals surface area contributed by atoms with Gasteiger partial charge in [0.05, 0.1) is 5.75 Å². The molecule has 1 aromatic heterocycles. The van der Waals surface area contributed by atoms with Crippen molar-refractivity contribution in [2.45, 2.75) is 53.0 Å². The number of piperidine rings is 1. The van der Waals surface area contributed by atoms with Gasteiger partial charge in [0.15, 0.2) is 5.82 Å². The maximum atomic E-state index is 12.4. The second-order valence-corrected chi connectivity index (χ2v) is 10.7. The number of hydrogen-bond donors (Lipinski definition) is 0. The Balaban J connectivity index is 1.96. The molecule has 1 aromatic carbocycles. The predicted molar refractivity (Wildman–Crippen MR) is 108 cm³/mol. The van der Waals surface area contributed by atoms with Gasteiger partial charge in [0.2, 0.25) is 10.0 Å². The first kappa shape index (κ1) is 20.0. The maximum Gasteiger partial charge on any atom is 0.213 e. The zero-order valence-electron chi connectivity index (χ0n) is 16.7. The summed E-state index contributed by atoms with van der Waals surface area (Å²) in [5, 5.41) is 4.79. The van der Waals surface area contributed by atoms with E-state index in [2.05, 4.69) is 20.8 Å². The van der Waals surface area contributed by atoms with E-state index in [4.69, 9.17) is 10.1 Å². The van der Waals surface area contributed by atoms with Gasteiger partial charge < -0.3 is 0 Å². The van der Waals surface area contributed by atoms with E-state index in [0.717, 1.165) is 30.8 Å². The monoisotopic (exact) mass is 390 g/mol. The van der Waals surface area contributed by atoms with Crippen molar-refractivity contribution >= 4 is 10.0 Å². The van der Waals surface area contributed by atoms with E-state index in [1.807, 2.05) is 35.0 Å². The summed E-state index contributed by atoms with van der Waals surface area (Å²) in [5.41, 5.74) is 1.04. The highest BCUT2D eigenvalue weighted by atomic mass is 32.2. The van der Waals surface area contributed by atoms with Crippen LogP contribution < -0.4 is 0 Å². The van der Waals surface area contributed by atoms with Gasteiger partial charge in [-0.3, -0.25) is 0 Å². The molecule has 1 fully saturated rings. The standard InChI is InChI=1S/C20H30N4O2S/c1-5-27(25,26)23-13-9-12-17(14-23)19-21-18(16-10-7-6-8-11-16)22-24(19)15-20(2,3)4/h6-8,10-11,17H,5,9,12-15H2,1-4H3. The van der Waals surface area contributed by atoms with E-state index >= 15 is 0 Å². The first-order valence-corrected chi connectivity index (χ1v) is 11.3. The van der Waals surface area contributed by atoms with Gasteiger partial charge in [-0.2, -0.15) is 5.10 Å². The molecule has 0 amide bonds. The second-order valence-electron chi connectivity index (χ2n) is 8.48. The Morgan fingerprint density at radius 3 is 2.52 bits per heavy atom. The Hall–Kier alpha value is -1.73. The molecule has 148 valence electrons. The molecule has 0 radical (unpaired) electrons. The molecule has 6 nitrogen and oxygen atoms in total. The fourth-order valence-electron chi connectivity index (χ4n) is 3.52. The fraction of sp³-hybridized carbons (Fsp3) is 0.600. The Morgan fingerprint density at radius 1 is 1.19 bits per heavy atom. The van der Waals surface area contributed by atoms with Crippen molar-refractivity contribution in [3.8, 4) is 11.4 Å². The van der Waals surface area contributed by atoms with Gasteiger partial charge in [-0.1, -0.05) is 51.1 Å². The SMILES string of the molecule is CCS(=O)(=O)N1CCCC(c2nc(-c3ccccc3)nn2CC(C)(C)C)C1. The highest BCUT2D eigenvalue weighted by Crippen LogP contribution is 2.30. The smallest absolute Gasteiger partial charge is 0.213 e. The Kier molecular flexibility index (Phi) is 5.72. The van der Waals surface area contributed by atoms with Gasteiger partial charge in [0.1, 0.15) is 5.82 Å². The van der Waals surface area contributed by atoms with Gasteiger partial charge in [0.25, 0.3) is 0 Å². The molecule has 7 heteroatoms. The molecule has 1 saturated heterocycles. The molecule has 0 saturated carbocycles. The molecular weight excluding hydrogens is 360 g/mol. The Bertz CT molecular complexity index is 869. The van der Waals surface area contributed by atoms with Crippen molar-refractivity contribution in [3.05, 3.63) is 36.2 Å². The molecule has 1 aliphatic rings. The second kappa shape index (κ2) is 7.72. The summed E-state index contributed by atoms with van der Waals surface area (Å²) in [6.07, 6.45) is 1.79. The molecule has 2 aromatic rings. The lowest BCUT2D eigenvalue weighted by atomic mass is 9.95. The lowest BCUT2D eigenvalue weighted by molar-refractivity contribution is 0.280. The van der Waals surface area contributed by atoms with E-state index in [9.17, 15) is 8.42 Å². The van der Waals surface area contributed by atoms with E-state index in [-0.39, 0.29) is 17.1 Å². The highest BCUT2D eigenvalue weighted by Gasteiger charge is 2.32. The van der Waals surface area contributed by atoms with Crippen LogP contribution in [0.15, 0.2) is 30.3 Å².